The maximum absolute atomic E-state index is 12.3. The minimum absolute atomic E-state index is 0.0474. The first-order valence-corrected chi connectivity index (χ1v) is 13.3. The fourth-order valence-electron chi connectivity index (χ4n) is 4.58. The normalized spacial score (nSPS) is 23.2. The van der Waals surface area contributed by atoms with E-state index in [9.17, 15) is 4.21 Å². The molecule has 10 nitrogen and oxygen atoms in total. The van der Waals surface area contributed by atoms with Gasteiger partial charge in [0, 0.05) is 39.4 Å². The lowest BCUT2D eigenvalue weighted by Gasteiger charge is -2.46. The van der Waals surface area contributed by atoms with Gasteiger partial charge in [0.05, 0.1) is 36.3 Å². The van der Waals surface area contributed by atoms with Crippen molar-refractivity contribution in [3.05, 3.63) is 48.7 Å². The summed E-state index contributed by atoms with van der Waals surface area (Å²) < 4.78 is 22.9. The number of fused-ring (bicyclic) bond motifs is 3. The molecule has 3 aromatic rings. The van der Waals surface area contributed by atoms with E-state index >= 15 is 0 Å². The minimum Gasteiger partial charge on any atom is -0.374 e. The van der Waals surface area contributed by atoms with Crippen molar-refractivity contribution in [3.8, 4) is 0 Å². The van der Waals surface area contributed by atoms with Gasteiger partial charge in [-0.15, -0.1) is 0 Å². The molecule has 2 aliphatic heterocycles. The number of rotatable bonds is 4. The van der Waals surface area contributed by atoms with Crippen molar-refractivity contribution in [2.24, 2.45) is 4.36 Å². The summed E-state index contributed by atoms with van der Waals surface area (Å²) in [5, 5.41) is 3.18. The van der Waals surface area contributed by atoms with Crippen LogP contribution in [0.4, 0.5) is 29.1 Å². The zero-order chi connectivity index (χ0) is 24.1. The van der Waals surface area contributed by atoms with Crippen molar-refractivity contribution >= 4 is 38.8 Å². The first-order valence-electron chi connectivity index (χ1n) is 11.0. The van der Waals surface area contributed by atoms with Crippen molar-refractivity contribution < 1.29 is 8.95 Å². The highest BCUT2D eigenvalue weighted by Crippen LogP contribution is 2.53. The van der Waals surface area contributed by atoms with E-state index in [4.69, 9.17) is 14.7 Å². The van der Waals surface area contributed by atoms with Gasteiger partial charge in [-0.1, -0.05) is 13.0 Å². The van der Waals surface area contributed by atoms with Gasteiger partial charge in [0.15, 0.2) is 5.82 Å². The monoisotopic (exact) mass is 480 g/mol. The lowest BCUT2D eigenvalue weighted by Crippen LogP contribution is -2.54. The van der Waals surface area contributed by atoms with Crippen molar-refractivity contribution in [2.75, 3.05) is 29.3 Å². The van der Waals surface area contributed by atoms with E-state index in [0.29, 0.717) is 29.9 Å². The van der Waals surface area contributed by atoms with Crippen LogP contribution in [0.25, 0.3) is 0 Å². The molecular weight excluding hydrogens is 452 g/mol. The second-order valence-electron chi connectivity index (χ2n) is 9.87. The van der Waals surface area contributed by atoms with Crippen molar-refractivity contribution in [2.45, 2.75) is 44.2 Å². The lowest BCUT2D eigenvalue weighted by molar-refractivity contribution is -0.0893. The second-order valence-corrected chi connectivity index (χ2v) is 12.4. The number of nitrogens with zero attached hydrogens (tertiary/aromatic N) is 7. The topological polar surface area (TPSA) is 118 Å². The van der Waals surface area contributed by atoms with Crippen LogP contribution in [0.3, 0.4) is 0 Å². The van der Waals surface area contributed by atoms with E-state index < -0.39 is 9.73 Å². The van der Waals surface area contributed by atoms with E-state index in [1.54, 1.807) is 31.0 Å². The molecular formula is C23H28N8O2S. The molecule has 0 saturated carbocycles. The van der Waals surface area contributed by atoms with E-state index in [0.717, 1.165) is 17.8 Å². The Morgan fingerprint density at radius 2 is 1.91 bits per heavy atom. The lowest BCUT2D eigenvalue weighted by atomic mass is 9.73. The molecule has 1 fully saturated rings. The molecule has 178 valence electrons. The van der Waals surface area contributed by atoms with Gasteiger partial charge in [0.2, 0.25) is 5.95 Å². The van der Waals surface area contributed by atoms with Crippen LogP contribution in [0.5, 0.6) is 0 Å². The average Bonchev–Trinajstić information content (AvgIpc) is 3.00. The molecule has 0 bridgehead atoms. The fraction of sp³-hybridized carbons (Fsp3) is 0.435. The van der Waals surface area contributed by atoms with Gasteiger partial charge >= 0.3 is 0 Å². The number of pyridine rings is 1. The van der Waals surface area contributed by atoms with Crippen LogP contribution >= 0.6 is 0 Å². The Balaban J connectivity index is 1.64. The highest BCUT2D eigenvalue weighted by Gasteiger charge is 2.55. The molecule has 0 amide bonds. The smallest absolute Gasteiger partial charge is 0.229 e. The van der Waals surface area contributed by atoms with Crippen LogP contribution in [0.2, 0.25) is 0 Å². The molecule has 1 N–H and O–H groups in total. The molecule has 0 radical (unpaired) electrons. The van der Waals surface area contributed by atoms with E-state index in [1.165, 1.54) is 6.33 Å². The van der Waals surface area contributed by atoms with Crippen LogP contribution in [0.15, 0.2) is 47.5 Å². The van der Waals surface area contributed by atoms with Crippen molar-refractivity contribution in [1.82, 2.24) is 24.9 Å². The van der Waals surface area contributed by atoms with Crippen LogP contribution in [-0.2, 0) is 19.9 Å². The number of hydrogen-bond donors (Lipinski definition) is 1. The SMILES string of the molecule is CC1(C)C[C@H]2N(c3cccc(N=S(C)(C)=O)n3)c3nc(Nc4cncnc4)ncc3[C@@]2(C)CO1. The van der Waals surface area contributed by atoms with Crippen LogP contribution in [0, 0.1) is 0 Å². The molecule has 0 aromatic carbocycles. The maximum atomic E-state index is 12.3. The Morgan fingerprint density at radius 3 is 2.65 bits per heavy atom. The van der Waals surface area contributed by atoms with Crippen LogP contribution < -0.4 is 10.2 Å². The standard InChI is InChI=1S/C23H28N8O2S/c1-22(2)9-17-23(3,13-33-22)16-12-26-21(27-15-10-24-14-25-11-15)29-20(16)31(17)19-8-6-7-18(28-19)30-34(4,5)32/h6-8,10-12,14,17H,9,13H2,1-5H3,(H,26,27,29)/t17-,23-/m1/s1. The molecule has 1 saturated heterocycles. The first kappa shape index (κ1) is 22.6. The third-order valence-electron chi connectivity index (χ3n) is 6.20. The first-order chi connectivity index (χ1) is 16.0. The van der Waals surface area contributed by atoms with E-state index in [2.05, 4.69) is 50.3 Å². The quantitative estimate of drug-likeness (QED) is 0.595. The van der Waals surface area contributed by atoms with Gasteiger partial charge in [-0.05, 0) is 32.4 Å². The average molecular weight is 481 g/mol. The Bertz CT molecular complexity index is 1350. The molecule has 2 aliphatic rings. The third kappa shape index (κ3) is 4.21. The second kappa shape index (κ2) is 7.95. The zero-order valence-electron chi connectivity index (χ0n) is 19.9. The third-order valence-corrected chi connectivity index (χ3v) is 6.83. The van der Waals surface area contributed by atoms with Crippen molar-refractivity contribution in [1.29, 1.82) is 0 Å². The molecule has 0 spiro atoms. The van der Waals surface area contributed by atoms with Gasteiger partial charge in [-0.25, -0.2) is 24.1 Å². The summed E-state index contributed by atoms with van der Waals surface area (Å²) in [7, 11) is -2.35. The van der Waals surface area contributed by atoms with Gasteiger partial charge in [0.1, 0.15) is 18.0 Å². The Kier molecular flexibility index (Phi) is 5.28. The molecule has 0 unspecified atom stereocenters. The Labute approximate surface area is 199 Å². The maximum Gasteiger partial charge on any atom is 0.229 e. The number of aromatic nitrogens is 5. The van der Waals surface area contributed by atoms with Gasteiger partial charge in [-0.3, -0.25) is 0 Å². The molecule has 0 aliphatic carbocycles. The Morgan fingerprint density at radius 1 is 1.15 bits per heavy atom. The van der Waals surface area contributed by atoms with Gasteiger partial charge < -0.3 is 15.0 Å². The predicted molar refractivity (Wildman–Crippen MR) is 132 cm³/mol. The van der Waals surface area contributed by atoms with E-state index in [-0.39, 0.29) is 17.1 Å². The molecule has 3 aromatic heterocycles. The van der Waals surface area contributed by atoms with Crippen LogP contribution in [-0.4, -0.2) is 59.9 Å². The van der Waals surface area contributed by atoms with E-state index in [1.807, 2.05) is 18.3 Å². The highest BCUT2D eigenvalue weighted by atomic mass is 32.2. The molecule has 11 heteroatoms. The number of hydrogen-bond acceptors (Lipinski definition) is 10. The summed E-state index contributed by atoms with van der Waals surface area (Å²) in [5.41, 5.74) is 1.07. The number of nitrogens with one attached hydrogen (secondary N) is 1. The largest absolute Gasteiger partial charge is 0.374 e. The van der Waals surface area contributed by atoms with Gasteiger partial charge in [0.25, 0.3) is 0 Å². The number of anilines is 4. The molecule has 5 heterocycles. The van der Waals surface area contributed by atoms with Crippen LogP contribution in [0.1, 0.15) is 32.8 Å². The fourth-order valence-corrected chi connectivity index (χ4v) is 5.13. The van der Waals surface area contributed by atoms with Gasteiger partial charge in [-0.2, -0.15) is 9.35 Å². The molecule has 5 rings (SSSR count). The predicted octanol–water partition coefficient (Wildman–Crippen LogP) is 3.74. The summed E-state index contributed by atoms with van der Waals surface area (Å²) in [4.78, 5) is 24.5. The highest BCUT2D eigenvalue weighted by molar-refractivity contribution is 7.92. The summed E-state index contributed by atoms with van der Waals surface area (Å²) >= 11 is 0. The summed E-state index contributed by atoms with van der Waals surface area (Å²) in [5.74, 6) is 2.33. The zero-order valence-corrected chi connectivity index (χ0v) is 20.7. The van der Waals surface area contributed by atoms with Crippen molar-refractivity contribution in [3.63, 3.8) is 0 Å². The molecule has 2 atom stereocenters. The summed E-state index contributed by atoms with van der Waals surface area (Å²) in [6, 6.07) is 5.63. The minimum atomic E-state index is -2.35. The summed E-state index contributed by atoms with van der Waals surface area (Å²) in [6.45, 7) is 6.93. The molecule has 34 heavy (non-hydrogen) atoms. The number of ether oxygens (including phenoxy) is 1. The summed E-state index contributed by atoms with van der Waals surface area (Å²) in [6.07, 6.45) is 10.6. The Hall–Kier alpha value is -3.18.